The number of hydrogen-bond acceptors (Lipinski definition) is 4. The second-order valence-corrected chi connectivity index (χ2v) is 4.98. The van der Waals surface area contributed by atoms with E-state index in [-0.39, 0.29) is 12.0 Å². The van der Waals surface area contributed by atoms with Gasteiger partial charge in [-0.05, 0) is 37.5 Å². The zero-order chi connectivity index (χ0) is 13.9. The summed E-state index contributed by atoms with van der Waals surface area (Å²) in [6.07, 6.45) is 2.63. The Hall–Kier alpha value is -1.55. The molecular weight excluding hydrogens is 242 g/mol. The molecule has 19 heavy (non-hydrogen) atoms. The molecule has 104 valence electrons. The SMILES string of the molecule is CCOc1ccc(C(N)C2(C(=O)OC)CCC2)cc1. The third-order valence-electron chi connectivity index (χ3n) is 3.98. The van der Waals surface area contributed by atoms with Crippen LogP contribution in [0.5, 0.6) is 5.75 Å². The van der Waals surface area contributed by atoms with Crippen molar-refractivity contribution in [3.05, 3.63) is 29.8 Å². The van der Waals surface area contributed by atoms with Gasteiger partial charge in [0.05, 0.1) is 19.1 Å². The van der Waals surface area contributed by atoms with Gasteiger partial charge in [-0.25, -0.2) is 0 Å². The summed E-state index contributed by atoms with van der Waals surface area (Å²) in [6.45, 7) is 2.58. The first-order valence-corrected chi connectivity index (χ1v) is 6.71. The highest BCUT2D eigenvalue weighted by molar-refractivity contribution is 5.79. The van der Waals surface area contributed by atoms with E-state index in [0.29, 0.717) is 6.61 Å². The number of esters is 1. The Morgan fingerprint density at radius 3 is 2.42 bits per heavy atom. The van der Waals surface area contributed by atoms with Crippen LogP contribution < -0.4 is 10.5 Å². The van der Waals surface area contributed by atoms with Crippen LogP contribution >= 0.6 is 0 Å². The first kappa shape index (κ1) is 13.9. The number of carbonyl (C=O) groups is 1. The van der Waals surface area contributed by atoms with Crippen LogP contribution in [0.25, 0.3) is 0 Å². The number of rotatable bonds is 5. The number of carbonyl (C=O) groups excluding carboxylic acids is 1. The van der Waals surface area contributed by atoms with Crippen molar-refractivity contribution in [3.8, 4) is 5.75 Å². The lowest BCUT2D eigenvalue weighted by Crippen LogP contribution is -2.47. The summed E-state index contributed by atoms with van der Waals surface area (Å²) in [7, 11) is 1.42. The molecule has 0 bridgehead atoms. The van der Waals surface area contributed by atoms with E-state index in [4.69, 9.17) is 15.2 Å². The summed E-state index contributed by atoms with van der Waals surface area (Å²) in [6, 6.07) is 7.33. The largest absolute Gasteiger partial charge is 0.494 e. The quantitative estimate of drug-likeness (QED) is 0.829. The van der Waals surface area contributed by atoms with Gasteiger partial charge in [0.25, 0.3) is 0 Å². The minimum absolute atomic E-state index is 0.194. The van der Waals surface area contributed by atoms with Gasteiger partial charge < -0.3 is 15.2 Å². The van der Waals surface area contributed by atoms with E-state index in [0.717, 1.165) is 30.6 Å². The Kier molecular flexibility index (Phi) is 4.10. The Bertz CT molecular complexity index is 437. The van der Waals surface area contributed by atoms with Crippen molar-refractivity contribution < 1.29 is 14.3 Å². The molecular formula is C15H21NO3. The number of nitrogens with two attached hydrogens (primary N) is 1. The lowest BCUT2D eigenvalue weighted by atomic mass is 9.62. The fraction of sp³-hybridized carbons (Fsp3) is 0.533. The fourth-order valence-corrected chi connectivity index (χ4v) is 2.66. The third-order valence-corrected chi connectivity index (χ3v) is 3.98. The Labute approximate surface area is 113 Å². The van der Waals surface area contributed by atoms with Gasteiger partial charge in [-0.2, -0.15) is 0 Å². The van der Waals surface area contributed by atoms with Gasteiger partial charge in [0.15, 0.2) is 0 Å². The lowest BCUT2D eigenvalue weighted by molar-refractivity contribution is -0.160. The van der Waals surface area contributed by atoms with Crippen molar-refractivity contribution in [2.45, 2.75) is 32.2 Å². The van der Waals surface area contributed by atoms with Crippen molar-refractivity contribution in [2.75, 3.05) is 13.7 Å². The highest BCUT2D eigenvalue weighted by Crippen LogP contribution is 2.50. The molecule has 1 aliphatic rings. The summed E-state index contributed by atoms with van der Waals surface area (Å²) in [4.78, 5) is 12.0. The maximum absolute atomic E-state index is 12.0. The highest BCUT2D eigenvalue weighted by Gasteiger charge is 2.50. The van der Waals surface area contributed by atoms with Crippen LogP contribution in [0.1, 0.15) is 37.8 Å². The fourth-order valence-electron chi connectivity index (χ4n) is 2.66. The third kappa shape index (κ3) is 2.45. The summed E-state index contributed by atoms with van der Waals surface area (Å²) < 4.78 is 10.3. The summed E-state index contributed by atoms with van der Waals surface area (Å²) in [5.41, 5.74) is 6.71. The molecule has 4 heteroatoms. The van der Waals surface area contributed by atoms with Crippen LogP contribution in [0.15, 0.2) is 24.3 Å². The van der Waals surface area contributed by atoms with Crippen LogP contribution in [0.4, 0.5) is 0 Å². The summed E-state index contributed by atoms with van der Waals surface area (Å²) in [5, 5.41) is 0. The molecule has 2 rings (SSSR count). The summed E-state index contributed by atoms with van der Waals surface area (Å²) >= 11 is 0. The van der Waals surface area contributed by atoms with E-state index >= 15 is 0 Å². The van der Waals surface area contributed by atoms with E-state index in [1.807, 2.05) is 31.2 Å². The van der Waals surface area contributed by atoms with Gasteiger partial charge in [0, 0.05) is 6.04 Å². The van der Waals surface area contributed by atoms with Crippen LogP contribution in [0.3, 0.4) is 0 Å². The normalized spacial score (nSPS) is 18.3. The van der Waals surface area contributed by atoms with E-state index in [1.54, 1.807) is 0 Å². The molecule has 1 aromatic rings. The number of ether oxygens (including phenoxy) is 2. The molecule has 1 atom stereocenters. The highest BCUT2D eigenvalue weighted by atomic mass is 16.5. The van der Waals surface area contributed by atoms with E-state index in [9.17, 15) is 4.79 Å². The lowest BCUT2D eigenvalue weighted by Gasteiger charge is -2.43. The average molecular weight is 263 g/mol. The van der Waals surface area contributed by atoms with Gasteiger partial charge in [-0.3, -0.25) is 4.79 Å². The molecule has 0 aromatic heterocycles. The van der Waals surface area contributed by atoms with Crippen molar-refractivity contribution in [2.24, 2.45) is 11.1 Å². The van der Waals surface area contributed by atoms with Crippen molar-refractivity contribution in [3.63, 3.8) is 0 Å². The zero-order valence-corrected chi connectivity index (χ0v) is 11.5. The number of methoxy groups -OCH3 is 1. The van der Waals surface area contributed by atoms with Crippen LogP contribution in [0.2, 0.25) is 0 Å². The predicted octanol–water partition coefficient (Wildman–Crippen LogP) is 2.43. The van der Waals surface area contributed by atoms with Gasteiger partial charge in [-0.15, -0.1) is 0 Å². The molecule has 0 amide bonds. The standard InChI is InChI=1S/C15H21NO3/c1-3-19-12-7-5-11(6-8-12)13(16)15(9-4-10-15)14(17)18-2/h5-8,13H,3-4,9-10,16H2,1-2H3. The topological polar surface area (TPSA) is 61.5 Å². The van der Waals surface area contributed by atoms with Gasteiger partial charge >= 0.3 is 5.97 Å². The Balaban J connectivity index is 2.18. The maximum atomic E-state index is 12.0. The monoisotopic (exact) mass is 263 g/mol. The smallest absolute Gasteiger partial charge is 0.313 e. The van der Waals surface area contributed by atoms with Crippen molar-refractivity contribution in [1.82, 2.24) is 0 Å². The Morgan fingerprint density at radius 2 is 2.00 bits per heavy atom. The zero-order valence-electron chi connectivity index (χ0n) is 11.5. The molecule has 1 aromatic carbocycles. The maximum Gasteiger partial charge on any atom is 0.313 e. The minimum atomic E-state index is -0.540. The molecule has 1 saturated carbocycles. The number of benzene rings is 1. The molecule has 0 saturated heterocycles. The van der Waals surface area contributed by atoms with E-state index in [1.165, 1.54) is 7.11 Å². The molecule has 0 heterocycles. The second kappa shape index (κ2) is 5.61. The van der Waals surface area contributed by atoms with Crippen molar-refractivity contribution >= 4 is 5.97 Å². The molecule has 4 nitrogen and oxygen atoms in total. The molecule has 1 unspecified atom stereocenters. The molecule has 0 radical (unpaired) electrons. The molecule has 1 aliphatic carbocycles. The molecule has 2 N–H and O–H groups in total. The van der Waals surface area contributed by atoms with Crippen LogP contribution in [-0.4, -0.2) is 19.7 Å². The molecule has 1 fully saturated rings. The number of hydrogen-bond donors (Lipinski definition) is 1. The van der Waals surface area contributed by atoms with E-state index in [2.05, 4.69) is 0 Å². The average Bonchev–Trinajstić information content (AvgIpc) is 2.38. The molecule has 0 spiro atoms. The van der Waals surface area contributed by atoms with Gasteiger partial charge in [-0.1, -0.05) is 18.6 Å². The van der Waals surface area contributed by atoms with Gasteiger partial charge in [0.1, 0.15) is 5.75 Å². The van der Waals surface area contributed by atoms with Crippen LogP contribution in [0, 0.1) is 5.41 Å². The first-order chi connectivity index (χ1) is 9.14. The minimum Gasteiger partial charge on any atom is -0.494 e. The predicted molar refractivity (Wildman–Crippen MR) is 72.8 cm³/mol. The summed E-state index contributed by atoms with van der Waals surface area (Å²) in [5.74, 6) is 0.624. The Morgan fingerprint density at radius 1 is 1.37 bits per heavy atom. The van der Waals surface area contributed by atoms with Crippen molar-refractivity contribution in [1.29, 1.82) is 0 Å². The molecule has 0 aliphatic heterocycles. The second-order valence-electron chi connectivity index (χ2n) is 4.98. The first-order valence-electron chi connectivity index (χ1n) is 6.71. The van der Waals surface area contributed by atoms with Gasteiger partial charge in [0.2, 0.25) is 0 Å². The van der Waals surface area contributed by atoms with Crippen LogP contribution in [-0.2, 0) is 9.53 Å². The van der Waals surface area contributed by atoms with E-state index < -0.39 is 5.41 Å².